The Bertz CT molecular complexity index is 1370. The van der Waals surface area contributed by atoms with Gasteiger partial charge >= 0.3 is 0 Å². The number of ether oxygens (including phenoxy) is 1. The first-order valence-corrected chi connectivity index (χ1v) is 11.0. The van der Waals surface area contributed by atoms with E-state index in [-0.39, 0.29) is 16.8 Å². The lowest BCUT2D eigenvalue weighted by Crippen LogP contribution is -2.51. The number of imide groups is 1. The molecule has 0 saturated carbocycles. The third kappa shape index (κ3) is 2.59. The minimum Gasteiger partial charge on any atom is -0.349 e. The third-order valence-corrected chi connectivity index (χ3v) is 7.05. The van der Waals surface area contributed by atoms with Crippen LogP contribution >= 0.6 is 11.6 Å². The second kappa shape index (κ2) is 7.16. The monoisotopic (exact) mass is 475 g/mol. The van der Waals surface area contributed by atoms with Gasteiger partial charge in [0, 0.05) is 16.1 Å². The Balaban J connectivity index is 1.54. The number of Topliss-reactive ketones (excluding diaryl/α,β-unsaturated/α-hetero) is 2. The fraction of sp³-hybridized carbons (Fsp3) is 0.154. The molecule has 2 aliphatic heterocycles. The molecule has 3 aromatic rings. The highest BCUT2D eigenvalue weighted by molar-refractivity contribution is 6.37. The van der Waals surface area contributed by atoms with E-state index in [1.807, 2.05) is 0 Å². The van der Waals surface area contributed by atoms with Crippen LogP contribution in [0.1, 0.15) is 32.4 Å². The molecule has 0 bridgehead atoms. The highest BCUT2D eigenvalue weighted by Crippen LogP contribution is 2.57. The summed E-state index contributed by atoms with van der Waals surface area (Å²) in [5.74, 6) is -5.59. The quantitative estimate of drug-likeness (QED) is 0.410. The molecule has 1 spiro atoms. The van der Waals surface area contributed by atoms with E-state index in [0.29, 0.717) is 10.6 Å². The zero-order chi connectivity index (χ0) is 23.8. The zero-order valence-electron chi connectivity index (χ0n) is 17.4. The topological polar surface area (TPSA) is 80.8 Å². The lowest BCUT2D eigenvalue weighted by Gasteiger charge is -2.27. The van der Waals surface area contributed by atoms with Crippen molar-refractivity contribution in [2.24, 2.45) is 11.8 Å². The summed E-state index contributed by atoms with van der Waals surface area (Å²) in [6.07, 6.45) is -1.10. The Kier molecular flexibility index (Phi) is 4.40. The van der Waals surface area contributed by atoms with Crippen LogP contribution in [-0.2, 0) is 14.3 Å². The number of halogens is 2. The minimum atomic E-state index is -2.17. The maximum atomic E-state index is 13.7. The van der Waals surface area contributed by atoms with Crippen LogP contribution in [0.3, 0.4) is 0 Å². The average molecular weight is 476 g/mol. The molecule has 2 heterocycles. The van der Waals surface area contributed by atoms with Crippen molar-refractivity contribution in [3.05, 3.63) is 100 Å². The van der Waals surface area contributed by atoms with Crippen molar-refractivity contribution in [3.8, 4) is 0 Å². The van der Waals surface area contributed by atoms with Crippen molar-refractivity contribution >= 4 is 40.7 Å². The van der Waals surface area contributed by atoms with Crippen LogP contribution in [0.5, 0.6) is 0 Å². The van der Waals surface area contributed by atoms with E-state index < -0.39 is 52.7 Å². The molecule has 2 amide bonds. The van der Waals surface area contributed by atoms with Gasteiger partial charge in [-0.2, -0.15) is 0 Å². The normalized spacial score (nSPS) is 24.8. The van der Waals surface area contributed by atoms with E-state index in [0.717, 1.165) is 4.90 Å². The van der Waals surface area contributed by atoms with Gasteiger partial charge in [-0.1, -0.05) is 48.0 Å². The number of nitrogens with zero attached hydrogens (tertiary/aromatic N) is 1. The summed E-state index contributed by atoms with van der Waals surface area (Å²) in [5, 5.41) is 0.420. The number of anilines is 1. The van der Waals surface area contributed by atoms with Gasteiger partial charge in [0.05, 0.1) is 23.6 Å². The Morgan fingerprint density at radius 3 is 1.97 bits per heavy atom. The lowest BCUT2D eigenvalue weighted by atomic mass is 9.77. The van der Waals surface area contributed by atoms with E-state index in [9.17, 15) is 23.6 Å². The van der Waals surface area contributed by atoms with Crippen molar-refractivity contribution in [1.29, 1.82) is 0 Å². The molecule has 6 rings (SSSR count). The molecule has 0 unspecified atom stereocenters. The molecule has 1 aliphatic carbocycles. The van der Waals surface area contributed by atoms with Gasteiger partial charge < -0.3 is 4.74 Å². The summed E-state index contributed by atoms with van der Waals surface area (Å²) in [6.45, 7) is 0. The number of amides is 2. The molecule has 2 saturated heterocycles. The van der Waals surface area contributed by atoms with Gasteiger partial charge in [-0.25, -0.2) is 9.29 Å². The summed E-state index contributed by atoms with van der Waals surface area (Å²) in [7, 11) is 0. The lowest BCUT2D eigenvalue weighted by molar-refractivity contribution is -0.127. The first kappa shape index (κ1) is 20.9. The van der Waals surface area contributed by atoms with Crippen LogP contribution < -0.4 is 4.90 Å². The molecule has 2 fully saturated rings. The standard InChI is InChI=1S/C26H15ClFNO5/c27-14-7-11-16(12-8-14)29-24(32)19-20(25(29)33)26(34-21(19)13-5-9-15(28)10-6-13)22(30)17-3-1-2-4-18(17)23(26)31/h1-12,19-21H/t19-,20-,21-/m0/s1. The van der Waals surface area contributed by atoms with Crippen LogP contribution in [0.25, 0.3) is 0 Å². The summed E-state index contributed by atoms with van der Waals surface area (Å²) < 4.78 is 19.7. The predicted octanol–water partition coefficient (Wildman–Crippen LogP) is 4.17. The largest absolute Gasteiger partial charge is 0.349 e. The van der Waals surface area contributed by atoms with Gasteiger partial charge in [0.1, 0.15) is 5.82 Å². The molecule has 3 atom stereocenters. The summed E-state index contributed by atoms with van der Waals surface area (Å²) in [4.78, 5) is 55.7. The summed E-state index contributed by atoms with van der Waals surface area (Å²) in [6, 6.07) is 17.6. The number of hydrogen-bond acceptors (Lipinski definition) is 5. The SMILES string of the molecule is O=C1[C@H]2[C@@H](C(=O)N1c1ccc(Cl)cc1)C1(O[C@H]2c2ccc(F)cc2)C(=O)c2ccccc2C1=O. The second-order valence-corrected chi connectivity index (χ2v) is 8.96. The van der Waals surface area contributed by atoms with Gasteiger partial charge in [0.15, 0.2) is 0 Å². The molecule has 6 nitrogen and oxygen atoms in total. The third-order valence-electron chi connectivity index (χ3n) is 6.80. The first-order chi connectivity index (χ1) is 16.3. The number of fused-ring (bicyclic) bond motifs is 3. The fourth-order valence-corrected chi connectivity index (χ4v) is 5.44. The van der Waals surface area contributed by atoms with Gasteiger partial charge in [0.2, 0.25) is 29.0 Å². The van der Waals surface area contributed by atoms with E-state index in [2.05, 4.69) is 0 Å². The molecule has 34 heavy (non-hydrogen) atoms. The minimum absolute atomic E-state index is 0.149. The second-order valence-electron chi connectivity index (χ2n) is 8.52. The summed E-state index contributed by atoms with van der Waals surface area (Å²) in [5.41, 5.74) is -1.20. The molecule has 3 aliphatic rings. The van der Waals surface area contributed by atoms with Crippen molar-refractivity contribution in [2.75, 3.05) is 4.90 Å². The highest BCUT2D eigenvalue weighted by Gasteiger charge is 2.74. The maximum absolute atomic E-state index is 13.7. The Hall–Kier alpha value is -3.68. The van der Waals surface area contributed by atoms with Gasteiger partial charge in [0.25, 0.3) is 0 Å². The van der Waals surface area contributed by atoms with E-state index >= 15 is 0 Å². The van der Waals surface area contributed by atoms with Gasteiger partial charge in [-0.3, -0.25) is 19.2 Å². The van der Waals surface area contributed by atoms with E-state index in [4.69, 9.17) is 16.3 Å². The molecule has 0 N–H and O–H groups in total. The average Bonchev–Trinajstić information content (AvgIpc) is 3.40. The summed E-state index contributed by atoms with van der Waals surface area (Å²) >= 11 is 5.96. The molecule has 168 valence electrons. The van der Waals surface area contributed by atoms with Crippen LogP contribution in [0, 0.1) is 17.7 Å². The Labute approximate surface area is 197 Å². The number of benzene rings is 3. The molecular formula is C26H15ClFNO5. The van der Waals surface area contributed by atoms with Crippen molar-refractivity contribution in [2.45, 2.75) is 11.7 Å². The number of rotatable bonds is 2. The fourth-order valence-electron chi connectivity index (χ4n) is 5.32. The highest BCUT2D eigenvalue weighted by atomic mass is 35.5. The Morgan fingerprint density at radius 1 is 0.794 bits per heavy atom. The number of carbonyl (C=O) groups excluding carboxylic acids is 4. The van der Waals surface area contributed by atoms with Gasteiger partial charge in [-0.15, -0.1) is 0 Å². The molecule has 3 aromatic carbocycles. The number of ketones is 2. The van der Waals surface area contributed by atoms with Crippen LogP contribution in [0.4, 0.5) is 10.1 Å². The van der Waals surface area contributed by atoms with Crippen molar-refractivity contribution in [3.63, 3.8) is 0 Å². The van der Waals surface area contributed by atoms with E-state index in [1.54, 1.807) is 12.1 Å². The van der Waals surface area contributed by atoms with Gasteiger partial charge in [-0.05, 0) is 42.0 Å². The number of hydrogen-bond donors (Lipinski definition) is 0. The Morgan fingerprint density at radius 2 is 1.38 bits per heavy atom. The van der Waals surface area contributed by atoms with E-state index in [1.165, 1.54) is 60.7 Å². The van der Waals surface area contributed by atoms with Crippen molar-refractivity contribution < 1.29 is 28.3 Å². The molecule has 0 radical (unpaired) electrons. The van der Waals surface area contributed by atoms with Crippen LogP contribution in [-0.4, -0.2) is 29.0 Å². The maximum Gasteiger partial charge on any atom is 0.241 e. The predicted molar refractivity (Wildman–Crippen MR) is 119 cm³/mol. The smallest absolute Gasteiger partial charge is 0.241 e. The first-order valence-electron chi connectivity index (χ1n) is 10.6. The van der Waals surface area contributed by atoms with Crippen LogP contribution in [0.15, 0.2) is 72.8 Å². The van der Waals surface area contributed by atoms with Crippen LogP contribution in [0.2, 0.25) is 5.02 Å². The number of carbonyl (C=O) groups is 4. The zero-order valence-corrected chi connectivity index (χ0v) is 18.2. The van der Waals surface area contributed by atoms with Crippen molar-refractivity contribution in [1.82, 2.24) is 0 Å². The molecule has 8 heteroatoms. The molecule has 0 aromatic heterocycles. The molecular weight excluding hydrogens is 461 g/mol.